The van der Waals surface area contributed by atoms with Gasteiger partial charge in [0.25, 0.3) is 0 Å². The third-order valence-electron chi connectivity index (χ3n) is 4.02. The Labute approximate surface area is 149 Å². The Morgan fingerprint density at radius 1 is 1.17 bits per heavy atom. The molecule has 128 valence electrons. The van der Waals surface area contributed by atoms with Crippen LogP contribution in [0.2, 0.25) is 10.0 Å². The molecular formula is C15H18Cl2N6O. The van der Waals surface area contributed by atoms with Crippen molar-refractivity contribution >= 4 is 23.2 Å². The third-order valence-corrected chi connectivity index (χ3v) is 4.94. The number of aryl methyl sites for hydroxylation is 3. The first-order valence-corrected chi connectivity index (χ1v) is 8.35. The highest BCUT2D eigenvalue weighted by Gasteiger charge is 2.19. The van der Waals surface area contributed by atoms with Crippen molar-refractivity contribution in [2.75, 3.05) is 0 Å². The van der Waals surface area contributed by atoms with E-state index in [1.807, 2.05) is 32.4 Å². The Bertz CT molecular complexity index is 866. The van der Waals surface area contributed by atoms with Gasteiger partial charge < -0.3 is 4.42 Å². The van der Waals surface area contributed by atoms with Gasteiger partial charge in [-0.25, -0.2) is 0 Å². The molecule has 0 unspecified atom stereocenters. The van der Waals surface area contributed by atoms with Crippen molar-refractivity contribution in [3.05, 3.63) is 45.1 Å². The van der Waals surface area contributed by atoms with Gasteiger partial charge in [-0.15, -0.1) is 10.2 Å². The van der Waals surface area contributed by atoms with Crippen molar-refractivity contribution in [2.24, 2.45) is 0 Å². The van der Waals surface area contributed by atoms with Crippen LogP contribution in [0, 0.1) is 20.8 Å². The van der Waals surface area contributed by atoms with E-state index in [1.54, 1.807) is 10.9 Å². The van der Waals surface area contributed by atoms with Gasteiger partial charge in [-0.3, -0.25) is 9.36 Å². The summed E-state index contributed by atoms with van der Waals surface area (Å²) < 4.78 is 9.38. The van der Waals surface area contributed by atoms with Crippen molar-refractivity contribution < 1.29 is 4.42 Å². The first-order chi connectivity index (χ1) is 11.4. The molecule has 9 heteroatoms. The van der Waals surface area contributed by atoms with Crippen LogP contribution in [0.25, 0.3) is 0 Å². The van der Waals surface area contributed by atoms with Gasteiger partial charge >= 0.3 is 0 Å². The van der Waals surface area contributed by atoms with E-state index in [2.05, 4.69) is 20.4 Å². The molecule has 3 aromatic heterocycles. The van der Waals surface area contributed by atoms with Gasteiger partial charge in [0.15, 0.2) is 0 Å². The van der Waals surface area contributed by atoms with Crippen LogP contribution in [0.5, 0.6) is 0 Å². The second-order valence-corrected chi connectivity index (χ2v) is 6.48. The molecule has 7 nitrogen and oxygen atoms in total. The largest absolute Gasteiger partial charge is 0.423 e. The fourth-order valence-corrected chi connectivity index (χ4v) is 2.79. The van der Waals surface area contributed by atoms with Gasteiger partial charge in [0.05, 0.1) is 33.3 Å². The van der Waals surface area contributed by atoms with Crippen molar-refractivity contribution in [2.45, 2.75) is 46.7 Å². The summed E-state index contributed by atoms with van der Waals surface area (Å²) in [5.41, 5.74) is 2.62. The lowest BCUT2D eigenvalue weighted by Gasteiger charge is -2.09. The zero-order valence-corrected chi connectivity index (χ0v) is 15.4. The molecule has 0 N–H and O–H groups in total. The van der Waals surface area contributed by atoms with Gasteiger partial charge in [-0.1, -0.05) is 23.2 Å². The van der Waals surface area contributed by atoms with Gasteiger partial charge in [-0.2, -0.15) is 10.2 Å². The molecule has 0 saturated carbocycles. The van der Waals surface area contributed by atoms with E-state index in [1.165, 1.54) is 0 Å². The summed E-state index contributed by atoms with van der Waals surface area (Å²) in [6.45, 7) is 8.29. The summed E-state index contributed by atoms with van der Waals surface area (Å²) in [4.78, 5) is 0. The fraction of sp³-hybridized carbons (Fsp3) is 0.467. The smallest absolute Gasteiger partial charge is 0.240 e. The second kappa shape index (κ2) is 6.57. The molecule has 0 radical (unpaired) electrons. The van der Waals surface area contributed by atoms with Crippen molar-refractivity contribution in [1.29, 1.82) is 0 Å². The first-order valence-electron chi connectivity index (χ1n) is 7.60. The summed E-state index contributed by atoms with van der Waals surface area (Å²) in [6, 6.07) is -0.179. The molecule has 0 aliphatic heterocycles. The molecule has 0 bridgehead atoms. The summed E-state index contributed by atoms with van der Waals surface area (Å²) in [6.07, 6.45) is 2.19. The van der Waals surface area contributed by atoms with E-state index in [-0.39, 0.29) is 6.04 Å². The molecule has 3 heterocycles. The maximum Gasteiger partial charge on any atom is 0.240 e. The summed E-state index contributed by atoms with van der Waals surface area (Å²) in [5, 5.41) is 18.2. The molecule has 3 aromatic rings. The van der Waals surface area contributed by atoms with Crippen LogP contribution >= 0.6 is 23.2 Å². The van der Waals surface area contributed by atoms with Crippen LogP contribution < -0.4 is 0 Å². The summed E-state index contributed by atoms with van der Waals surface area (Å²) >= 11 is 12.2. The van der Waals surface area contributed by atoms with Crippen LogP contribution in [0.1, 0.15) is 41.8 Å². The first kappa shape index (κ1) is 17.0. The molecule has 0 saturated heterocycles. The van der Waals surface area contributed by atoms with Crippen LogP contribution in [0.4, 0.5) is 0 Å². The molecule has 1 atom stereocenters. The maximum absolute atomic E-state index is 6.16. The van der Waals surface area contributed by atoms with Gasteiger partial charge in [-0.05, 0) is 27.7 Å². The SMILES string of the molecule is Cc1nn(CCc2nnc([C@@H](C)n3ncc(Cl)c3C)o2)c(C)c1Cl. The normalized spacial score (nSPS) is 12.8. The zero-order chi connectivity index (χ0) is 17.4. The molecule has 0 amide bonds. The van der Waals surface area contributed by atoms with Crippen LogP contribution in [0.3, 0.4) is 0 Å². The molecule has 3 rings (SSSR count). The topological polar surface area (TPSA) is 74.6 Å². The van der Waals surface area contributed by atoms with Crippen molar-refractivity contribution in [1.82, 2.24) is 29.8 Å². The highest BCUT2D eigenvalue weighted by atomic mass is 35.5. The number of halogens is 2. The Morgan fingerprint density at radius 3 is 2.50 bits per heavy atom. The van der Waals surface area contributed by atoms with Crippen LogP contribution in [0.15, 0.2) is 10.6 Å². The molecule has 0 fully saturated rings. The van der Waals surface area contributed by atoms with Crippen molar-refractivity contribution in [3.8, 4) is 0 Å². The monoisotopic (exact) mass is 368 g/mol. The predicted octanol–water partition coefficient (Wildman–Crippen LogP) is 3.55. The standard InChI is InChI=1S/C15H18Cl2N6O/c1-8-14(17)10(3)22(21-8)6-5-13-19-20-15(24-13)11(4)23-9(2)12(16)7-18-23/h7,11H,5-6H2,1-4H3/t11-/m1/s1. The lowest BCUT2D eigenvalue weighted by Crippen LogP contribution is -2.10. The highest BCUT2D eigenvalue weighted by Crippen LogP contribution is 2.23. The molecule has 0 spiro atoms. The number of hydrogen-bond acceptors (Lipinski definition) is 5. The number of nitrogens with zero attached hydrogens (tertiary/aromatic N) is 6. The summed E-state index contributed by atoms with van der Waals surface area (Å²) in [7, 11) is 0. The Kier molecular flexibility index (Phi) is 4.64. The van der Waals surface area contributed by atoms with Crippen LogP contribution in [-0.2, 0) is 13.0 Å². The second-order valence-electron chi connectivity index (χ2n) is 5.69. The predicted molar refractivity (Wildman–Crippen MR) is 90.5 cm³/mol. The maximum atomic E-state index is 6.16. The third kappa shape index (κ3) is 3.06. The lowest BCUT2D eigenvalue weighted by molar-refractivity contribution is 0.377. The van der Waals surface area contributed by atoms with E-state index >= 15 is 0 Å². The molecule has 0 aliphatic rings. The van der Waals surface area contributed by atoms with Gasteiger partial charge in [0.1, 0.15) is 6.04 Å². The van der Waals surface area contributed by atoms with E-state index in [0.717, 1.165) is 17.1 Å². The quantitative estimate of drug-likeness (QED) is 0.688. The Morgan fingerprint density at radius 2 is 1.92 bits per heavy atom. The molecule has 24 heavy (non-hydrogen) atoms. The molecule has 0 aliphatic carbocycles. The Hall–Kier alpha value is -1.86. The Balaban J connectivity index is 1.71. The van der Waals surface area contributed by atoms with E-state index in [0.29, 0.717) is 34.8 Å². The van der Waals surface area contributed by atoms with Crippen molar-refractivity contribution in [3.63, 3.8) is 0 Å². The van der Waals surface area contributed by atoms with E-state index in [9.17, 15) is 0 Å². The minimum absolute atomic E-state index is 0.179. The van der Waals surface area contributed by atoms with Crippen LogP contribution in [-0.4, -0.2) is 29.8 Å². The lowest BCUT2D eigenvalue weighted by atomic mass is 10.3. The van der Waals surface area contributed by atoms with Gasteiger partial charge in [0.2, 0.25) is 11.8 Å². The molecular weight excluding hydrogens is 351 g/mol. The average molecular weight is 369 g/mol. The highest BCUT2D eigenvalue weighted by molar-refractivity contribution is 6.31. The summed E-state index contributed by atoms with van der Waals surface area (Å²) in [5.74, 6) is 1.05. The number of aromatic nitrogens is 6. The number of rotatable bonds is 5. The fourth-order valence-electron chi connectivity index (χ4n) is 2.53. The molecule has 0 aromatic carbocycles. The number of hydrogen-bond donors (Lipinski definition) is 0. The zero-order valence-electron chi connectivity index (χ0n) is 13.9. The minimum Gasteiger partial charge on any atom is -0.423 e. The van der Waals surface area contributed by atoms with E-state index in [4.69, 9.17) is 27.6 Å². The average Bonchev–Trinajstić information content (AvgIpc) is 3.22. The van der Waals surface area contributed by atoms with E-state index < -0.39 is 0 Å². The van der Waals surface area contributed by atoms with Gasteiger partial charge in [0, 0.05) is 13.0 Å². The minimum atomic E-state index is -0.179.